The van der Waals surface area contributed by atoms with E-state index in [-0.39, 0.29) is 49.3 Å². The summed E-state index contributed by atoms with van der Waals surface area (Å²) in [7, 11) is 1.57. The fraction of sp³-hybridized carbons (Fsp3) is 0.371. The monoisotopic (exact) mass is 586 g/mol. The van der Waals surface area contributed by atoms with Crippen LogP contribution in [0.15, 0.2) is 72.9 Å². The minimum absolute atomic E-state index is 0.120. The molecule has 0 atom stereocenters. The molecule has 1 heterocycles. The van der Waals surface area contributed by atoms with Gasteiger partial charge in [0.2, 0.25) is 5.91 Å². The number of halogens is 1. The molecule has 0 unspecified atom stereocenters. The van der Waals surface area contributed by atoms with E-state index in [2.05, 4.69) is 44.1 Å². The van der Waals surface area contributed by atoms with Crippen LogP contribution in [0.2, 0.25) is 0 Å². The highest BCUT2D eigenvalue weighted by atomic mass is 19.1. The second kappa shape index (κ2) is 14.8. The first-order valence-electron chi connectivity index (χ1n) is 14.9. The van der Waals surface area contributed by atoms with Gasteiger partial charge in [-0.15, -0.1) is 0 Å². The second-order valence-electron chi connectivity index (χ2n) is 11.5. The Kier molecular flexibility index (Phi) is 11.0. The van der Waals surface area contributed by atoms with E-state index in [9.17, 15) is 14.0 Å². The van der Waals surface area contributed by atoms with E-state index in [4.69, 9.17) is 4.74 Å². The van der Waals surface area contributed by atoms with E-state index in [0.29, 0.717) is 19.5 Å². The van der Waals surface area contributed by atoms with Crippen LogP contribution in [-0.4, -0.2) is 60.1 Å². The molecule has 228 valence electrons. The fourth-order valence-electron chi connectivity index (χ4n) is 5.29. The van der Waals surface area contributed by atoms with Gasteiger partial charge in [0.25, 0.3) is 0 Å². The predicted molar refractivity (Wildman–Crippen MR) is 171 cm³/mol. The second-order valence-corrected chi connectivity index (χ2v) is 11.5. The number of para-hydroxylation sites is 2. The predicted octanol–water partition coefficient (Wildman–Crippen LogP) is 7.31. The number of hydrogen-bond donors (Lipinski definition) is 2. The lowest BCUT2D eigenvalue weighted by Gasteiger charge is -2.29. The van der Waals surface area contributed by atoms with Gasteiger partial charge in [0.15, 0.2) is 0 Å². The molecule has 1 aromatic heterocycles. The quantitative estimate of drug-likeness (QED) is 0.173. The fourth-order valence-corrected chi connectivity index (χ4v) is 5.29. The summed E-state index contributed by atoms with van der Waals surface area (Å²) >= 11 is 0. The third-order valence-electron chi connectivity index (χ3n) is 7.75. The Hall–Kier alpha value is -4.17. The molecule has 0 saturated heterocycles. The molecule has 0 radical (unpaired) electrons. The summed E-state index contributed by atoms with van der Waals surface area (Å²) in [6.07, 6.45) is 2.60. The Morgan fingerprint density at radius 3 is 2.21 bits per heavy atom. The number of aromatic nitrogens is 1. The summed E-state index contributed by atoms with van der Waals surface area (Å²) in [4.78, 5) is 34.2. The molecular weight excluding hydrogens is 543 g/mol. The number of urea groups is 1. The highest BCUT2D eigenvalue weighted by Crippen LogP contribution is 2.32. The van der Waals surface area contributed by atoms with Crippen LogP contribution in [0.4, 0.5) is 14.9 Å². The average Bonchev–Trinajstić information content (AvgIpc) is 3.41. The van der Waals surface area contributed by atoms with Gasteiger partial charge >= 0.3 is 6.03 Å². The Balaban J connectivity index is 1.57. The highest BCUT2D eigenvalue weighted by Gasteiger charge is 2.24. The van der Waals surface area contributed by atoms with Crippen molar-refractivity contribution in [2.24, 2.45) is 0 Å². The lowest BCUT2D eigenvalue weighted by molar-refractivity contribution is -0.132. The average molecular weight is 587 g/mol. The van der Waals surface area contributed by atoms with Crippen LogP contribution in [0.3, 0.4) is 0 Å². The van der Waals surface area contributed by atoms with Gasteiger partial charge < -0.3 is 24.8 Å². The van der Waals surface area contributed by atoms with Crippen LogP contribution in [0.5, 0.6) is 0 Å². The number of methoxy groups -OCH3 is 1. The Morgan fingerprint density at radius 2 is 1.56 bits per heavy atom. The van der Waals surface area contributed by atoms with Crippen LogP contribution in [0.25, 0.3) is 10.9 Å². The molecule has 0 fully saturated rings. The summed E-state index contributed by atoms with van der Waals surface area (Å²) in [5, 5.41) is 4.25. The summed E-state index contributed by atoms with van der Waals surface area (Å²) in [5.74, 6) is -0.112. The molecule has 43 heavy (non-hydrogen) atoms. The summed E-state index contributed by atoms with van der Waals surface area (Å²) < 4.78 is 18.9. The number of ether oxygens (including phenoxy) is 1. The number of amides is 3. The van der Waals surface area contributed by atoms with Crippen molar-refractivity contribution in [3.8, 4) is 0 Å². The molecular formula is C35H43FN4O3. The number of carbonyl (C=O) groups excluding carboxylic acids is 2. The SMILES string of the molecule is COCCN(CC(=O)N(CCc1c[nH]c2ccccc12)Cc1ccc(F)cc1)C(=O)Nc1c(C(C)C)cccc1C(C)C. The molecule has 0 aliphatic carbocycles. The smallest absolute Gasteiger partial charge is 0.322 e. The van der Waals surface area contributed by atoms with Gasteiger partial charge in [0.1, 0.15) is 12.4 Å². The van der Waals surface area contributed by atoms with Crippen molar-refractivity contribution in [2.45, 2.75) is 52.5 Å². The van der Waals surface area contributed by atoms with E-state index < -0.39 is 0 Å². The van der Waals surface area contributed by atoms with E-state index in [0.717, 1.165) is 38.8 Å². The number of nitrogens with one attached hydrogen (secondary N) is 2. The molecule has 0 spiro atoms. The maximum Gasteiger partial charge on any atom is 0.322 e. The normalized spacial score (nSPS) is 11.3. The van der Waals surface area contributed by atoms with Crippen molar-refractivity contribution >= 4 is 28.5 Å². The van der Waals surface area contributed by atoms with E-state index in [1.807, 2.05) is 42.6 Å². The number of anilines is 1. The molecule has 4 rings (SSSR count). The Bertz CT molecular complexity index is 1490. The lowest BCUT2D eigenvalue weighted by atomic mass is 9.93. The molecule has 2 N–H and O–H groups in total. The van der Waals surface area contributed by atoms with Gasteiger partial charge in [-0.2, -0.15) is 0 Å². The zero-order chi connectivity index (χ0) is 30.9. The zero-order valence-electron chi connectivity index (χ0n) is 25.8. The molecule has 8 heteroatoms. The van der Waals surface area contributed by atoms with Crippen molar-refractivity contribution in [3.05, 3.63) is 101 Å². The maximum absolute atomic E-state index is 13.9. The van der Waals surface area contributed by atoms with E-state index >= 15 is 0 Å². The molecule has 4 aromatic rings. The van der Waals surface area contributed by atoms with Crippen molar-refractivity contribution in [2.75, 3.05) is 38.7 Å². The third kappa shape index (κ3) is 8.23. The van der Waals surface area contributed by atoms with Gasteiger partial charge in [-0.05, 0) is 58.7 Å². The van der Waals surface area contributed by atoms with Gasteiger partial charge in [0.05, 0.1) is 6.61 Å². The van der Waals surface area contributed by atoms with Crippen LogP contribution >= 0.6 is 0 Å². The largest absolute Gasteiger partial charge is 0.383 e. The molecule has 7 nitrogen and oxygen atoms in total. The number of rotatable bonds is 13. The number of H-pyrrole nitrogens is 1. The summed E-state index contributed by atoms with van der Waals surface area (Å²) in [6, 6.07) is 20.0. The molecule has 0 aliphatic rings. The first kappa shape index (κ1) is 31.8. The van der Waals surface area contributed by atoms with E-state index in [1.54, 1.807) is 24.1 Å². The zero-order valence-corrected chi connectivity index (χ0v) is 25.8. The van der Waals surface area contributed by atoms with Gasteiger partial charge in [-0.1, -0.05) is 76.2 Å². The van der Waals surface area contributed by atoms with Crippen molar-refractivity contribution in [1.29, 1.82) is 0 Å². The highest BCUT2D eigenvalue weighted by molar-refractivity contribution is 5.94. The molecule has 0 bridgehead atoms. The lowest BCUT2D eigenvalue weighted by Crippen LogP contribution is -2.46. The third-order valence-corrected chi connectivity index (χ3v) is 7.75. The van der Waals surface area contributed by atoms with E-state index in [1.165, 1.54) is 17.0 Å². The minimum atomic E-state index is -0.348. The van der Waals surface area contributed by atoms with Crippen LogP contribution in [0.1, 0.15) is 61.8 Å². The van der Waals surface area contributed by atoms with Gasteiger partial charge in [-0.25, -0.2) is 9.18 Å². The molecule has 3 amide bonds. The summed E-state index contributed by atoms with van der Waals surface area (Å²) in [6.45, 7) is 9.56. The number of benzene rings is 3. The van der Waals surface area contributed by atoms with Crippen LogP contribution in [-0.2, 0) is 22.5 Å². The first-order valence-corrected chi connectivity index (χ1v) is 14.9. The standard InChI is InChI=1S/C35H43FN4O3/c1-24(2)29-10-8-11-30(25(3)4)34(29)38-35(42)40(19-20-43-5)23-33(41)39(22-26-13-15-28(36)16-14-26)18-17-27-21-37-32-12-7-6-9-31(27)32/h6-16,21,24-25,37H,17-20,22-23H2,1-5H3,(H,38,42). The Labute approximate surface area is 254 Å². The van der Waals surface area contributed by atoms with Gasteiger partial charge in [0, 0.05) is 49.5 Å². The van der Waals surface area contributed by atoms with Crippen LogP contribution in [0, 0.1) is 5.82 Å². The van der Waals surface area contributed by atoms with Crippen molar-refractivity contribution < 1.29 is 18.7 Å². The Morgan fingerprint density at radius 1 is 0.884 bits per heavy atom. The number of aromatic amines is 1. The topological polar surface area (TPSA) is 77.7 Å². The number of carbonyl (C=O) groups is 2. The molecule has 0 aliphatic heterocycles. The van der Waals surface area contributed by atoms with Crippen molar-refractivity contribution in [1.82, 2.24) is 14.8 Å². The van der Waals surface area contributed by atoms with Crippen molar-refractivity contribution in [3.63, 3.8) is 0 Å². The first-order chi connectivity index (χ1) is 20.7. The maximum atomic E-state index is 13.9. The molecule has 0 saturated carbocycles. The number of nitrogens with zero attached hydrogens (tertiary/aromatic N) is 2. The van der Waals surface area contributed by atoms with Gasteiger partial charge in [-0.3, -0.25) is 4.79 Å². The molecule has 3 aromatic carbocycles. The van der Waals surface area contributed by atoms with Crippen LogP contribution < -0.4 is 5.32 Å². The summed E-state index contributed by atoms with van der Waals surface area (Å²) in [5.41, 5.74) is 5.86. The number of hydrogen-bond acceptors (Lipinski definition) is 3. The minimum Gasteiger partial charge on any atom is -0.383 e. The number of fused-ring (bicyclic) bond motifs is 1.